The van der Waals surface area contributed by atoms with Crippen molar-refractivity contribution in [2.24, 2.45) is 0 Å². The van der Waals surface area contributed by atoms with Gasteiger partial charge in [-0.15, -0.1) is 0 Å². The second-order valence-corrected chi connectivity index (χ2v) is 14.1. The summed E-state index contributed by atoms with van der Waals surface area (Å²) in [5, 5.41) is 3.27. The molecule has 46 heavy (non-hydrogen) atoms. The first-order valence-electron chi connectivity index (χ1n) is 15.2. The maximum absolute atomic E-state index is 12.0. The molecule has 2 radical (unpaired) electrons. The van der Waals surface area contributed by atoms with Gasteiger partial charge in [0.25, 0.3) is 20.2 Å². The van der Waals surface area contributed by atoms with Crippen LogP contribution in [0.15, 0.2) is 70.5 Å². The fourth-order valence-electron chi connectivity index (χ4n) is 5.67. The largest absolute Gasteiger partial charge is 0.492 e. The van der Waals surface area contributed by atoms with E-state index in [1.54, 1.807) is 0 Å². The summed E-state index contributed by atoms with van der Waals surface area (Å²) in [5.41, 5.74) is 1.41. The first-order valence-corrected chi connectivity index (χ1v) is 18.1. The van der Waals surface area contributed by atoms with E-state index in [2.05, 4.69) is 0 Å². The van der Waals surface area contributed by atoms with Crippen LogP contribution in [0.2, 0.25) is 0 Å². The molecule has 4 aromatic rings. The molecule has 0 bridgehead atoms. The normalized spacial score (nSPS) is 11.7. The molecule has 2 N–H and O–H groups in total. The molecule has 8 nitrogen and oxygen atoms in total. The topological polar surface area (TPSA) is 127 Å². The number of aryl methyl sites for hydroxylation is 2. The third-order valence-corrected chi connectivity index (χ3v) is 9.74. The van der Waals surface area contributed by atoms with Crippen molar-refractivity contribution in [2.45, 2.75) is 87.8 Å². The molecule has 0 aliphatic rings. The zero-order valence-corrected chi connectivity index (χ0v) is 33.1. The summed E-state index contributed by atoms with van der Waals surface area (Å²) in [6.07, 6.45) is 10.2. The standard InChI is InChI=1S/C34H42O8S2.2Na/c1-25-29-19-13-11-17-27(29)23-31(43(35,36)37)33(25)41-21-15-9-7-5-3-4-6-8-10-16-22-42-34-26(2)30-20-14-12-18-28(30)24-32(34)44(38,39)40;;/h11-14,17-20,23-24H,3-10,15-16,21-22H2,1-2H3,(H,35,36,37)(H,38,39,40);;. The van der Waals surface area contributed by atoms with Crippen molar-refractivity contribution in [1.82, 2.24) is 0 Å². The minimum atomic E-state index is -4.41. The van der Waals surface area contributed by atoms with E-state index in [9.17, 15) is 25.9 Å². The van der Waals surface area contributed by atoms with Crippen LogP contribution in [0.3, 0.4) is 0 Å². The quantitative estimate of drug-likeness (QED) is 0.0657. The molecule has 0 amide bonds. The van der Waals surface area contributed by atoms with Crippen molar-refractivity contribution in [3.8, 4) is 11.5 Å². The first-order chi connectivity index (χ1) is 21.0. The monoisotopic (exact) mass is 688 g/mol. The minimum Gasteiger partial charge on any atom is -0.492 e. The number of hydrogen-bond donors (Lipinski definition) is 2. The van der Waals surface area contributed by atoms with Crippen LogP contribution in [0, 0.1) is 13.8 Å². The van der Waals surface area contributed by atoms with Gasteiger partial charge in [0.15, 0.2) is 0 Å². The van der Waals surface area contributed by atoms with E-state index in [0.717, 1.165) is 85.8 Å². The van der Waals surface area contributed by atoms with Gasteiger partial charge in [0.1, 0.15) is 21.3 Å². The maximum atomic E-state index is 12.0. The van der Waals surface area contributed by atoms with Crippen LogP contribution in [0.4, 0.5) is 0 Å². The molecular weight excluding hydrogens is 646 g/mol. The van der Waals surface area contributed by atoms with Crippen LogP contribution < -0.4 is 9.47 Å². The molecule has 0 spiro atoms. The van der Waals surface area contributed by atoms with Crippen molar-refractivity contribution in [3.63, 3.8) is 0 Å². The number of unbranched alkanes of at least 4 members (excludes halogenated alkanes) is 9. The van der Waals surface area contributed by atoms with E-state index < -0.39 is 20.2 Å². The van der Waals surface area contributed by atoms with Gasteiger partial charge in [0.2, 0.25) is 0 Å². The van der Waals surface area contributed by atoms with Gasteiger partial charge in [-0.1, -0.05) is 99.9 Å². The molecule has 0 aromatic heterocycles. The van der Waals surface area contributed by atoms with Gasteiger partial charge in [-0.05, 0) is 60.4 Å². The van der Waals surface area contributed by atoms with E-state index in [4.69, 9.17) is 9.47 Å². The number of fused-ring (bicyclic) bond motifs is 2. The first kappa shape index (κ1) is 41.0. The fraction of sp³-hybridized carbons (Fsp3) is 0.412. The van der Waals surface area contributed by atoms with Crippen molar-refractivity contribution in [2.75, 3.05) is 13.2 Å². The Hall–Kier alpha value is -1.18. The third-order valence-electron chi connectivity index (χ3n) is 8.02. The maximum Gasteiger partial charge on any atom is 0.298 e. The summed E-state index contributed by atoms with van der Waals surface area (Å²) in [7, 11) is -8.81. The third kappa shape index (κ3) is 11.2. The van der Waals surface area contributed by atoms with Gasteiger partial charge >= 0.3 is 0 Å². The van der Waals surface area contributed by atoms with E-state index in [0.29, 0.717) is 24.3 Å². The zero-order valence-electron chi connectivity index (χ0n) is 27.4. The molecule has 12 heteroatoms. The van der Waals surface area contributed by atoms with E-state index in [-0.39, 0.29) is 80.4 Å². The van der Waals surface area contributed by atoms with E-state index in [1.807, 2.05) is 62.4 Å². The van der Waals surface area contributed by atoms with Crippen LogP contribution in [0.1, 0.15) is 75.3 Å². The summed E-state index contributed by atoms with van der Waals surface area (Å²) in [6, 6.07) is 17.8. The average molecular weight is 689 g/mol. The molecule has 0 saturated carbocycles. The van der Waals surface area contributed by atoms with Crippen molar-refractivity contribution < 1.29 is 35.4 Å². The molecule has 240 valence electrons. The van der Waals surface area contributed by atoms with Gasteiger partial charge in [0, 0.05) is 70.2 Å². The second kappa shape index (κ2) is 19.1. The van der Waals surface area contributed by atoms with Gasteiger partial charge in [-0.3, -0.25) is 9.11 Å². The number of ether oxygens (including phenoxy) is 2. The van der Waals surface area contributed by atoms with Crippen LogP contribution in [-0.4, -0.2) is 98.3 Å². The molecule has 0 heterocycles. The second-order valence-electron chi connectivity index (χ2n) is 11.3. The predicted octanol–water partition coefficient (Wildman–Crippen LogP) is 7.70. The summed E-state index contributed by atoms with van der Waals surface area (Å²) >= 11 is 0. The molecule has 0 aliphatic carbocycles. The Labute approximate surface area is 317 Å². The van der Waals surface area contributed by atoms with Crippen LogP contribution in [0.25, 0.3) is 21.5 Å². The van der Waals surface area contributed by atoms with Gasteiger partial charge in [-0.25, -0.2) is 0 Å². The van der Waals surface area contributed by atoms with E-state index >= 15 is 0 Å². The Kier molecular flexibility index (Phi) is 17.0. The predicted molar refractivity (Wildman–Crippen MR) is 186 cm³/mol. The SMILES string of the molecule is Cc1c(OCCCCCCCCCCCCOc2c(S(=O)(=O)O)cc3ccccc3c2C)c(S(=O)(=O)O)cc2ccccc12.[Na].[Na]. The summed E-state index contributed by atoms with van der Waals surface area (Å²) in [5.74, 6) is 0.450. The van der Waals surface area contributed by atoms with E-state index in [1.165, 1.54) is 12.1 Å². The Morgan fingerprint density at radius 1 is 0.522 bits per heavy atom. The minimum absolute atomic E-state index is 0. The Bertz CT molecular complexity index is 1680. The van der Waals surface area contributed by atoms with Crippen molar-refractivity contribution in [3.05, 3.63) is 71.8 Å². The number of benzene rings is 4. The Morgan fingerprint density at radius 2 is 0.826 bits per heavy atom. The molecule has 0 saturated heterocycles. The number of hydrogen-bond acceptors (Lipinski definition) is 6. The molecule has 0 unspecified atom stereocenters. The van der Waals surface area contributed by atoms with Gasteiger partial charge in [-0.2, -0.15) is 16.8 Å². The van der Waals surface area contributed by atoms with Crippen LogP contribution >= 0.6 is 0 Å². The van der Waals surface area contributed by atoms with Crippen LogP contribution in [0.5, 0.6) is 11.5 Å². The fourth-order valence-corrected chi connectivity index (χ4v) is 7.11. The van der Waals surface area contributed by atoms with Crippen LogP contribution in [-0.2, 0) is 20.2 Å². The Morgan fingerprint density at radius 3 is 1.15 bits per heavy atom. The summed E-state index contributed by atoms with van der Waals surface area (Å²) in [4.78, 5) is -0.376. The smallest absolute Gasteiger partial charge is 0.298 e. The average Bonchev–Trinajstić information content (AvgIpc) is 2.98. The Balaban J connectivity index is 0.00000368. The molecular formula is C34H42Na2O8S2. The molecule has 0 aliphatic heterocycles. The van der Waals surface area contributed by atoms with Crippen molar-refractivity contribution >= 4 is 101 Å². The molecule has 4 aromatic carbocycles. The summed E-state index contributed by atoms with van der Waals surface area (Å²) in [6.45, 7) is 4.39. The van der Waals surface area contributed by atoms with Gasteiger partial charge in [0.05, 0.1) is 13.2 Å². The summed E-state index contributed by atoms with van der Waals surface area (Å²) < 4.78 is 79.2. The molecule has 4 rings (SSSR count). The zero-order chi connectivity index (χ0) is 31.7. The molecule has 0 fully saturated rings. The molecule has 0 atom stereocenters. The number of rotatable bonds is 17. The van der Waals surface area contributed by atoms with Crippen molar-refractivity contribution in [1.29, 1.82) is 0 Å². The van der Waals surface area contributed by atoms with Gasteiger partial charge < -0.3 is 9.47 Å².